The number of rotatable bonds is 9. The van der Waals surface area contributed by atoms with Gasteiger partial charge in [-0.3, -0.25) is 5.32 Å². The van der Waals surface area contributed by atoms with E-state index in [-0.39, 0.29) is 25.3 Å². The first-order valence-corrected chi connectivity index (χ1v) is 9.29. The zero-order chi connectivity index (χ0) is 21.4. The molecule has 2 unspecified atom stereocenters. The molecule has 3 N–H and O–H groups in total. The van der Waals surface area contributed by atoms with Crippen LogP contribution in [0.4, 0.5) is 4.79 Å². The number of carbonyl (C=O) groups is 3. The number of ether oxygens (including phenoxy) is 3. The molecule has 0 saturated carbocycles. The highest BCUT2D eigenvalue weighted by Gasteiger charge is 2.37. The first-order valence-electron chi connectivity index (χ1n) is 9.29. The van der Waals surface area contributed by atoms with Crippen molar-refractivity contribution in [3.63, 3.8) is 0 Å². The lowest BCUT2D eigenvalue weighted by Crippen LogP contribution is -2.57. The molecule has 0 spiro atoms. The van der Waals surface area contributed by atoms with E-state index in [0.29, 0.717) is 11.4 Å². The van der Waals surface area contributed by atoms with Crippen molar-refractivity contribution < 1.29 is 28.6 Å². The first kappa shape index (κ1) is 22.2. The van der Waals surface area contributed by atoms with E-state index in [1.165, 1.54) is 7.11 Å². The second-order valence-electron chi connectivity index (χ2n) is 6.71. The number of nitrogens with one attached hydrogen (secondary N) is 3. The predicted molar refractivity (Wildman–Crippen MR) is 105 cm³/mol. The molecule has 0 saturated heterocycles. The summed E-state index contributed by atoms with van der Waals surface area (Å²) < 4.78 is 15.7. The molecule has 0 fully saturated rings. The number of carbonyl (C=O) groups excluding carboxylic acids is 3. The average molecular weight is 405 g/mol. The smallest absolute Gasteiger partial charge is 0.337 e. The lowest BCUT2D eigenvalue weighted by Gasteiger charge is -2.31. The van der Waals surface area contributed by atoms with Gasteiger partial charge < -0.3 is 24.8 Å². The van der Waals surface area contributed by atoms with E-state index in [0.717, 1.165) is 0 Å². The van der Waals surface area contributed by atoms with Gasteiger partial charge in [0.15, 0.2) is 0 Å². The molecule has 1 aromatic rings. The monoisotopic (exact) mass is 405 g/mol. The Balaban J connectivity index is 2.20. The van der Waals surface area contributed by atoms with Crippen molar-refractivity contribution >= 4 is 18.0 Å². The number of benzene rings is 1. The lowest BCUT2D eigenvalue weighted by molar-refractivity contribution is -0.149. The van der Waals surface area contributed by atoms with Crippen LogP contribution in [0.1, 0.15) is 20.8 Å². The SMILES string of the molecule is CCOC(=O)C1=C(CNC(C)(COc2ccccc2)C(=O)OC)NC(=O)NC1C. The summed E-state index contributed by atoms with van der Waals surface area (Å²) in [5.74, 6) is -0.482. The number of amides is 2. The maximum absolute atomic E-state index is 12.4. The fourth-order valence-corrected chi connectivity index (χ4v) is 2.85. The van der Waals surface area contributed by atoms with Gasteiger partial charge in [0.25, 0.3) is 0 Å². The highest BCUT2D eigenvalue weighted by molar-refractivity contribution is 5.94. The third kappa shape index (κ3) is 5.71. The summed E-state index contributed by atoms with van der Waals surface area (Å²) in [6.45, 7) is 5.21. The van der Waals surface area contributed by atoms with Gasteiger partial charge in [-0.1, -0.05) is 18.2 Å². The highest BCUT2D eigenvalue weighted by Crippen LogP contribution is 2.17. The van der Waals surface area contributed by atoms with Crippen molar-refractivity contribution in [1.29, 1.82) is 0 Å². The Morgan fingerprint density at radius 2 is 1.93 bits per heavy atom. The quantitative estimate of drug-likeness (QED) is 0.527. The molecule has 0 aliphatic carbocycles. The van der Waals surface area contributed by atoms with E-state index >= 15 is 0 Å². The molecule has 29 heavy (non-hydrogen) atoms. The van der Waals surface area contributed by atoms with Gasteiger partial charge in [-0.05, 0) is 32.9 Å². The van der Waals surface area contributed by atoms with Gasteiger partial charge in [0.05, 0.1) is 25.3 Å². The fraction of sp³-hybridized carbons (Fsp3) is 0.450. The normalized spacial score (nSPS) is 18.2. The Morgan fingerprint density at radius 1 is 1.24 bits per heavy atom. The van der Waals surface area contributed by atoms with Crippen molar-refractivity contribution in [3.8, 4) is 5.75 Å². The van der Waals surface area contributed by atoms with Gasteiger partial charge >= 0.3 is 18.0 Å². The molecule has 2 rings (SSSR count). The summed E-state index contributed by atoms with van der Waals surface area (Å²) in [6, 6.07) is 8.06. The minimum atomic E-state index is -1.23. The van der Waals surface area contributed by atoms with Crippen LogP contribution in [0.15, 0.2) is 41.6 Å². The summed E-state index contributed by atoms with van der Waals surface area (Å²) in [5, 5.41) is 8.28. The molecule has 0 bridgehead atoms. The van der Waals surface area contributed by atoms with Gasteiger partial charge in [-0.25, -0.2) is 14.4 Å². The molecule has 1 aliphatic heterocycles. The number of urea groups is 1. The summed E-state index contributed by atoms with van der Waals surface area (Å²) >= 11 is 0. The average Bonchev–Trinajstić information content (AvgIpc) is 2.70. The van der Waals surface area contributed by atoms with Crippen LogP contribution in [0.25, 0.3) is 0 Å². The molecule has 0 radical (unpaired) electrons. The van der Waals surface area contributed by atoms with Crippen molar-refractivity contribution in [2.45, 2.75) is 32.4 Å². The van der Waals surface area contributed by atoms with Crippen LogP contribution in [0.5, 0.6) is 5.75 Å². The molecule has 9 heteroatoms. The molecule has 0 aromatic heterocycles. The Hall–Kier alpha value is -3.07. The summed E-state index contributed by atoms with van der Waals surface area (Å²) in [6.07, 6.45) is 0. The Bertz CT molecular complexity index is 780. The third-order valence-corrected chi connectivity index (χ3v) is 4.43. The Morgan fingerprint density at radius 3 is 2.55 bits per heavy atom. The summed E-state index contributed by atoms with van der Waals surface area (Å²) in [5.41, 5.74) is -0.611. The van der Waals surface area contributed by atoms with Crippen LogP contribution < -0.4 is 20.7 Å². The Kier molecular flexibility index (Phi) is 7.60. The molecule has 1 heterocycles. The summed E-state index contributed by atoms with van der Waals surface area (Å²) in [4.78, 5) is 36.6. The van der Waals surface area contributed by atoms with E-state index in [4.69, 9.17) is 14.2 Å². The van der Waals surface area contributed by atoms with E-state index in [1.54, 1.807) is 32.9 Å². The lowest BCUT2D eigenvalue weighted by atomic mass is 10.0. The van der Waals surface area contributed by atoms with Gasteiger partial charge in [0.1, 0.15) is 17.9 Å². The molecule has 2 amide bonds. The van der Waals surface area contributed by atoms with Crippen molar-refractivity contribution in [3.05, 3.63) is 41.6 Å². The fourth-order valence-electron chi connectivity index (χ4n) is 2.85. The molecular formula is C20H27N3O6. The van der Waals surface area contributed by atoms with Gasteiger partial charge in [0.2, 0.25) is 0 Å². The molecule has 1 aromatic carbocycles. The van der Waals surface area contributed by atoms with E-state index in [9.17, 15) is 14.4 Å². The zero-order valence-corrected chi connectivity index (χ0v) is 17.0. The third-order valence-electron chi connectivity index (χ3n) is 4.43. The summed E-state index contributed by atoms with van der Waals surface area (Å²) in [7, 11) is 1.28. The maximum Gasteiger partial charge on any atom is 0.337 e. The van der Waals surface area contributed by atoms with Crippen molar-refractivity contribution in [2.24, 2.45) is 0 Å². The predicted octanol–water partition coefficient (Wildman–Crippen LogP) is 1.11. The van der Waals surface area contributed by atoms with Crippen LogP contribution in [-0.2, 0) is 19.1 Å². The van der Waals surface area contributed by atoms with Gasteiger partial charge in [-0.15, -0.1) is 0 Å². The van der Waals surface area contributed by atoms with Crippen molar-refractivity contribution in [1.82, 2.24) is 16.0 Å². The van der Waals surface area contributed by atoms with Crippen molar-refractivity contribution in [2.75, 3.05) is 26.9 Å². The Labute approximate surface area is 169 Å². The second kappa shape index (κ2) is 9.92. The maximum atomic E-state index is 12.4. The van der Waals surface area contributed by atoms with Crippen LogP contribution in [-0.4, -0.2) is 56.4 Å². The zero-order valence-electron chi connectivity index (χ0n) is 17.0. The second-order valence-corrected chi connectivity index (χ2v) is 6.71. The minimum absolute atomic E-state index is 0.0204. The van der Waals surface area contributed by atoms with Crippen LogP contribution in [0, 0.1) is 0 Å². The van der Waals surface area contributed by atoms with Gasteiger partial charge in [-0.2, -0.15) is 0 Å². The molecule has 1 aliphatic rings. The molecular weight excluding hydrogens is 378 g/mol. The number of hydrogen-bond donors (Lipinski definition) is 3. The minimum Gasteiger partial charge on any atom is -0.491 e. The van der Waals surface area contributed by atoms with Gasteiger partial charge in [0, 0.05) is 12.2 Å². The van der Waals surface area contributed by atoms with E-state index in [2.05, 4.69) is 16.0 Å². The van der Waals surface area contributed by atoms with Crippen LogP contribution in [0.2, 0.25) is 0 Å². The van der Waals surface area contributed by atoms with Crippen LogP contribution in [0.3, 0.4) is 0 Å². The van der Waals surface area contributed by atoms with Crippen LogP contribution >= 0.6 is 0 Å². The first-order chi connectivity index (χ1) is 13.8. The topological polar surface area (TPSA) is 115 Å². The largest absolute Gasteiger partial charge is 0.491 e. The van der Waals surface area contributed by atoms with E-state index < -0.39 is 29.6 Å². The number of esters is 2. The standard InChI is InChI=1S/C20H27N3O6/c1-5-28-17(24)16-13(2)22-19(26)23-15(16)11-21-20(3,18(25)27-4)12-29-14-9-7-6-8-10-14/h6-10,13,21H,5,11-12H2,1-4H3,(H2,22,23,26). The number of para-hydroxylation sites is 1. The molecule has 158 valence electrons. The number of methoxy groups -OCH3 is 1. The number of hydrogen-bond acceptors (Lipinski definition) is 7. The van der Waals surface area contributed by atoms with E-state index in [1.807, 2.05) is 18.2 Å². The highest BCUT2D eigenvalue weighted by atomic mass is 16.5. The molecule has 9 nitrogen and oxygen atoms in total. The molecule has 2 atom stereocenters.